The Morgan fingerprint density at radius 2 is 2.12 bits per heavy atom. The van der Waals surface area contributed by atoms with E-state index in [4.69, 9.17) is 4.74 Å². The summed E-state index contributed by atoms with van der Waals surface area (Å²) in [6, 6.07) is 0.714. The molecule has 2 fully saturated rings. The molecule has 4 atom stereocenters. The Kier molecular flexibility index (Phi) is 4.66. The van der Waals surface area contributed by atoms with Crippen LogP contribution in [0.4, 0.5) is 0 Å². The Balaban J connectivity index is 1.68. The van der Waals surface area contributed by atoms with Gasteiger partial charge in [-0.15, -0.1) is 0 Å². The standard InChI is InChI=1S/C14H27NO/c1-3-14-9-13(7-8-16-14)15-10-12-6-4-5-11(12)2/h11-15H,3-10H2,1-2H3. The molecule has 94 valence electrons. The van der Waals surface area contributed by atoms with E-state index in [1.54, 1.807) is 0 Å². The van der Waals surface area contributed by atoms with Crippen LogP contribution in [0, 0.1) is 11.8 Å². The Bertz CT molecular complexity index is 207. The van der Waals surface area contributed by atoms with Crippen LogP contribution in [0.3, 0.4) is 0 Å². The molecule has 0 bridgehead atoms. The van der Waals surface area contributed by atoms with E-state index in [9.17, 15) is 0 Å². The van der Waals surface area contributed by atoms with Gasteiger partial charge in [-0.2, -0.15) is 0 Å². The van der Waals surface area contributed by atoms with E-state index < -0.39 is 0 Å². The quantitative estimate of drug-likeness (QED) is 0.794. The lowest BCUT2D eigenvalue weighted by Gasteiger charge is -2.31. The molecule has 0 amide bonds. The summed E-state index contributed by atoms with van der Waals surface area (Å²) in [6.07, 6.45) is 8.42. The van der Waals surface area contributed by atoms with Gasteiger partial charge < -0.3 is 10.1 Å². The van der Waals surface area contributed by atoms with Gasteiger partial charge in [0.1, 0.15) is 0 Å². The highest BCUT2D eigenvalue weighted by Crippen LogP contribution is 2.30. The van der Waals surface area contributed by atoms with Gasteiger partial charge in [0.05, 0.1) is 6.10 Å². The Hall–Kier alpha value is -0.0800. The van der Waals surface area contributed by atoms with E-state index in [0.717, 1.165) is 24.9 Å². The van der Waals surface area contributed by atoms with Gasteiger partial charge in [-0.3, -0.25) is 0 Å². The number of hydrogen-bond acceptors (Lipinski definition) is 2. The molecule has 0 spiro atoms. The molecule has 1 heterocycles. The SMILES string of the molecule is CCC1CC(NCC2CCCC2C)CCO1. The fraction of sp³-hybridized carbons (Fsp3) is 1.00. The summed E-state index contributed by atoms with van der Waals surface area (Å²) in [5.74, 6) is 1.87. The van der Waals surface area contributed by atoms with Gasteiger partial charge in [-0.1, -0.05) is 26.7 Å². The largest absolute Gasteiger partial charge is 0.378 e. The number of hydrogen-bond donors (Lipinski definition) is 1. The van der Waals surface area contributed by atoms with Gasteiger partial charge in [-0.05, 0) is 44.1 Å². The molecule has 0 aromatic heterocycles. The minimum atomic E-state index is 0.507. The molecular formula is C14H27NO. The lowest BCUT2D eigenvalue weighted by atomic mass is 9.96. The second kappa shape index (κ2) is 6.02. The van der Waals surface area contributed by atoms with Crippen LogP contribution in [0.15, 0.2) is 0 Å². The van der Waals surface area contributed by atoms with Crippen molar-refractivity contribution in [2.45, 2.75) is 64.5 Å². The zero-order valence-electron chi connectivity index (χ0n) is 10.9. The summed E-state index contributed by atoms with van der Waals surface area (Å²) in [5, 5.41) is 3.78. The van der Waals surface area contributed by atoms with E-state index in [2.05, 4.69) is 19.2 Å². The molecule has 1 N–H and O–H groups in total. The molecule has 2 aliphatic rings. The van der Waals surface area contributed by atoms with Gasteiger partial charge in [-0.25, -0.2) is 0 Å². The van der Waals surface area contributed by atoms with Crippen molar-refractivity contribution in [1.82, 2.24) is 5.32 Å². The average molecular weight is 225 g/mol. The average Bonchev–Trinajstić information content (AvgIpc) is 2.72. The molecular weight excluding hydrogens is 198 g/mol. The second-order valence-corrected chi connectivity index (χ2v) is 5.70. The van der Waals surface area contributed by atoms with Crippen LogP contribution in [0.25, 0.3) is 0 Å². The first-order valence-electron chi connectivity index (χ1n) is 7.14. The summed E-state index contributed by atoms with van der Waals surface area (Å²) in [4.78, 5) is 0. The predicted octanol–water partition coefficient (Wildman–Crippen LogP) is 2.97. The van der Waals surface area contributed by atoms with Crippen molar-refractivity contribution in [3.8, 4) is 0 Å². The molecule has 0 aromatic rings. The first-order valence-corrected chi connectivity index (χ1v) is 7.14. The first kappa shape index (κ1) is 12.4. The Labute approximate surface area is 100 Å². The maximum Gasteiger partial charge on any atom is 0.0587 e. The number of ether oxygens (including phenoxy) is 1. The van der Waals surface area contributed by atoms with Crippen molar-refractivity contribution in [3.05, 3.63) is 0 Å². The summed E-state index contributed by atoms with van der Waals surface area (Å²) < 4.78 is 5.71. The molecule has 2 nitrogen and oxygen atoms in total. The van der Waals surface area contributed by atoms with Crippen molar-refractivity contribution in [2.24, 2.45) is 11.8 Å². The molecule has 1 aliphatic heterocycles. The molecule has 1 saturated carbocycles. The molecule has 0 radical (unpaired) electrons. The van der Waals surface area contributed by atoms with Gasteiger partial charge in [0, 0.05) is 12.6 Å². The summed E-state index contributed by atoms with van der Waals surface area (Å²) in [6.45, 7) is 6.84. The van der Waals surface area contributed by atoms with E-state index in [0.29, 0.717) is 12.1 Å². The van der Waals surface area contributed by atoms with Crippen LogP contribution in [-0.4, -0.2) is 25.3 Å². The maximum absolute atomic E-state index is 5.71. The number of nitrogens with one attached hydrogen (secondary N) is 1. The molecule has 2 rings (SSSR count). The second-order valence-electron chi connectivity index (χ2n) is 5.70. The van der Waals surface area contributed by atoms with E-state index in [-0.39, 0.29) is 0 Å². The molecule has 4 unspecified atom stereocenters. The fourth-order valence-corrected chi connectivity index (χ4v) is 3.19. The zero-order valence-corrected chi connectivity index (χ0v) is 10.9. The van der Waals surface area contributed by atoms with E-state index in [1.165, 1.54) is 38.6 Å². The summed E-state index contributed by atoms with van der Waals surface area (Å²) in [5.41, 5.74) is 0. The van der Waals surface area contributed by atoms with Gasteiger partial charge in [0.2, 0.25) is 0 Å². The van der Waals surface area contributed by atoms with Crippen molar-refractivity contribution < 1.29 is 4.74 Å². The maximum atomic E-state index is 5.71. The van der Waals surface area contributed by atoms with Crippen LogP contribution in [-0.2, 0) is 4.74 Å². The fourth-order valence-electron chi connectivity index (χ4n) is 3.19. The zero-order chi connectivity index (χ0) is 11.4. The van der Waals surface area contributed by atoms with Gasteiger partial charge >= 0.3 is 0 Å². The molecule has 1 aliphatic carbocycles. The Morgan fingerprint density at radius 3 is 2.81 bits per heavy atom. The molecule has 1 saturated heterocycles. The van der Waals surface area contributed by atoms with Crippen molar-refractivity contribution in [1.29, 1.82) is 0 Å². The summed E-state index contributed by atoms with van der Waals surface area (Å²) in [7, 11) is 0. The van der Waals surface area contributed by atoms with Crippen LogP contribution in [0.1, 0.15) is 52.4 Å². The topological polar surface area (TPSA) is 21.3 Å². The Morgan fingerprint density at radius 1 is 1.25 bits per heavy atom. The van der Waals surface area contributed by atoms with Crippen molar-refractivity contribution in [2.75, 3.05) is 13.2 Å². The van der Waals surface area contributed by atoms with Crippen molar-refractivity contribution in [3.63, 3.8) is 0 Å². The third kappa shape index (κ3) is 3.21. The van der Waals surface area contributed by atoms with E-state index in [1.807, 2.05) is 0 Å². The normalized spacial score (nSPS) is 40.1. The monoisotopic (exact) mass is 225 g/mol. The summed E-state index contributed by atoms with van der Waals surface area (Å²) >= 11 is 0. The lowest BCUT2D eigenvalue weighted by Crippen LogP contribution is -2.41. The molecule has 0 aromatic carbocycles. The minimum Gasteiger partial charge on any atom is -0.378 e. The third-order valence-electron chi connectivity index (χ3n) is 4.53. The van der Waals surface area contributed by atoms with E-state index >= 15 is 0 Å². The van der Waals surface area contributed by atoms with Gasteiger partial charge in [0.15, 0.2) is 0 Å². The highest BCUT2D eigenvalue weighted by Gasteiger charge is 2.26. The van der Waals surface area contributed by atoms with Crippen LogP contribution < -0.4 is 5.32 Å². The van der Waals surface area contributed by atoms with Crippen LogP contribution in [0.2, 0.25) is 0 Å². The smallest absolute Gasteiger partial charge is 0.0587 e. The van der Waals surface area contributed by atoms with Gasteiger partial charge in [0.25, 0.3) is 0 Å². The highest BCUT2D eigenvalue weighted by atomic mass is 16.5. The third-order valence-corrected chi connectivity index (χ3v) is 4.53. The molecule has 16 heavy (non-hydrogen) atoms. The van der Waals surface area contributed by atoms with Crippen molar-refractivity contribution >= 4 is 0 Å². The lowest BCUT2D eigenvalue weighted by molar-refractivity contribution is -0.000776. The molecule has 2 heteroatoms. The van der Waals surface area contributed by atoms with Crippen LogP contribution >= 0.6 is 0 Å². The van der Waals surface area contributed by atoms with Crippen LogP contribution in [0.5, 0.6) is 0 Å². The minimum absolute atomic E-state index is 0.507. The highest BCUT2D eigenvalue weighted by molar-refractivity contribution is 4.81. The number of rotatable bonds is 4. The first-order chi connectivity index (χ1) is 7.79. The predicted molar refractivity (Wildman–Crippen MR) is 67.6 cm³/mol.